The maximum atomic E-state index is 13.0. The molecule has 0 aliphatic rings. The monoisotopic (exact) mass is 275 g/mol. The third-order valence-electron chi connectivity index (χ3n) is 2.75. The van der Waals surface area contributed by atoms with Crippen LogP contribution in [0.15, 0.2) is 36.4 Å². The fourth-order valence-electron chi connectivity index (χ4n) is 1.66. The van der Waals surface area contributed by atoms with Gasteiger partial charge in [0, 0.05) is 0 Å². The average Bonchev–Trinajstić information content (AvgIpc) is 2.39. The smallest absolute Gasteiger partial charge is 0.138 e. The molecule has 0 heterocycles. The van der Waals surface area contributed by atoms with Crippen LogP contribution in [-0.4, -0.2) is 0 Å². The molecule has 96 valence electrons. The van der Waals surface area contributed by atoms with Crippen molar-refractivity contribution in [1.82, 2.24) is 0 Å². The van der Waals surface area contributed by atoms with Crippen LogP contribution in [0.3, 0.4) is 0 Å². The summed E-state index contributed by atoms with van der Waals surface area (Å²) in [5, 5.41) is 9.13. The molecule has 0 saturated carbocycles. The third-order valence-corrected chi connectivity index (χ3v) is 3.04. The molecule has 0 N–H and O–H groups in total. The van der Waals surface area contributed by atoms with Gasteiger partial charge in [0.2, 0.25) is 0 Å². The van der Waals surface area contributed by atoms with Crippen molar-refractivity contribution < 1.29 is 9.13 Å². The molecule has 0 radical (unpaired) electrons. The molecule has 2 nitrogen and oxygen atoms in total. The van der Waals surface area contributed by atoms with Crippen molar-refractivity contribution in [2.75, 3.05) is 0 Å². The van der Waals surface area contributed by atoms with Crippen LogP contribution in [-0.2, 0) is 6.61 Å². The van der Waals surface area contributed by atoms with Gasteiger partial charge < -0.3 is 4.74 Å². The SMILES string of the molecule is Cc1cc(F)ccc1COc1ccc(C#N)cc1Cl. The summed E-state index contributed by atoms with van der Waals surface area (Å²) in [6.45, 7) is 2.12. The van der Waals surface area contributed by atoms with E-state index in [-0.39, 0.29) is 5.82 Å². The van der Waals surface area contributed by atoms with Crippen LogP contribution in [0.4, 0.5) is 4.39 Å². The van der Waals surface area contributed by atoms with Crippen molar-refractivity contribution in [2.45, 2.75) is 13.5 Å². The first-order valence-electron chi connectivity index (χ1n) is 5.67. The summed E-state index contributed by atoms with van der Waals surface area (Å²) in [6.07, 6.45) is 0. The van der Waals surface area contributed by atoms with E-state index in [1.807, 2.05) is 13.0 Å². The summed E-state index contributed by atoms with van der Waals surface area (Å²) in [5.74, 6) is 0.238. The van der Waals surface area contributed by atoms with Crippen LogP contribution < -0.4 is 4.74 Å². The van der Waals surface area contributed by atoms with Gasteiger partial charge in [-0.15, -0.1) is 0 Å². The summed E-state index contributed by atoms with van der Waals surface area (Å²) in [7, 11) is 0. The van der Waals surface area contributed by atoms with Gasteiger partial charge in [0.25, 0.3) is 0 Å². The van der Waals surface area contributed by atoms with E-state index < -0.39 is 0 Å². The predicted octanol–water partition coefficient (Wildman–Crippen LogP) is 4.24. The first-order valence-corrected chi connectivity index (χ1v) is 6.05. The molecule has 0 unspecified atom stereocenters. The van der Waals surface area contributed by atoms with Crippen LogP contribution in [0.2, 0.25) is 5.02 Å². The Balaban J connectivity index is 2.13. The Labute approximate surface area is 116 Å². The number of nitriles is 1. The predicted molar refractivity (Wildman–Crippen MR) is 71.6 cm³/mol. The molecule has 4 heteroatoms. The van der Waals surface area contributed by atoms with Crippen molar-refractivity contribution in [3.05, 3.63) is 63.9 Å². The average molecular weight is 276 g/mol. The molecule has 0 atom stereocenters. The van der Waals surface area contributed by atoms with Gasteiger partial charge in [0.05, 0.1) is 16.7 Å². The normalized spacial score (nSPS) is 10.0. The number of hydrogen-bond acceptors (Lipinski definition) is 2. The molecule has 0 aliphatic heterocycles. The lowest BCUT2D eigenvalue weighted by molar-refractivity contribution is 0.305. The van der Waals surface area contributed by atoms with Crippen molar-refractivity contribution >= 4 is 11.6 Å². The van der Waals surface area contributed by atoms with Gasteiger partial charge in [-0.2, -0.15) is 5.26 Å². The summed E-state index contributed by atoms with van der Waals surface area (Å²) in [6, 6.07) is 11.4. The highest BCUT2D eigenvalue weighted by molar-refractivity contribution is 6.32. The summed E-state index contributed by atoms with van der Waals surface area (Å²) < 4.78 is 18.5. The van der Waals surface area contributed by atoms with Gasteiger partial charge in [0.15, 0.2) is 0 Å². The zero-order valence-corrected chi connectivity index (χ0v) is 11.0. The molecule has 19 heavy (non-hydrogen) atoms. The maximum absolute atomic E-state index is 13.0. The second-order valence-corrected chi connectivity index (χ2v) is 4.52. The molecular weight excluding hydrogens is 265 g/mol. The number of benzene rings is 2. The van der Waals surface area contributed by atoms with E-state index in [1.165, 1.54) is 12.1 Å². The lowest BCUT2D eigenvalue weighted by atomic mass is 10.1. The Kier molecular flexibility index (Phi) is 4.03. The number of aryl methyl sites for hydroxylation is 1. The summed E-state index contributed by atoms with van der Waals surface area (Å²) in [5.41, 5.74) is 2.20. The minimum atomic E-state index is -0.266. The van der Waals surface area contributed by atoms with Crippen molar-refractivity contribution in [1.29, 1.82) is 5.26 Å². The largest absolute Gasteiger partial charge is 0.487 e. The number of rotatable bonds is 3. The fourth-order valence-corrected chi connectivity index (χ4v) is 1.90. The molecule has 0 aromatic heterocycles. The number of hydrogen-bond donors (Lipinski definition) is 0. The van der Waals surface area contributed by atoms with E-state index >= 15 is 0 Å². The Bertz CT molecular complexity index is 649. The van der Waals surface area contributed by atoms with Gasteiger partial charge in [0.1, 0.15) is 18.2 Å². The van der Waals surface area contributed by atoms with E-state index in [4.69, 9.17) is 21.6 Å². The zero-order chi connectivity index (χ0) is 13.8. The van der Waals surface area contributed by atoms with Crippen LogP contribution >= 0.6 is 11.6 Å². The molecule has 0 aliphatic carbocycles. The Morgan fingerprint density at radius 3 is 2.68 bits per heavy atom. The van der Waals surface area contributed by atoms with Crippen molar-refractivity contribution in [2.24, 2.45) is 0 Å². The van der Waals surface area contributed by atoms with E-state index in [0.717, 1.165) is 11.1 Å². The molecule has 0 saturated heterocycles. The third kappa shape index (κ3) is 3.24. The quantitative estimate of drug-likeness (QED) is 0.839. The Hall–Kier alpha value is -2.05. The van der Waals surface area contributed by atoms with E-state index in [2.05, 4.69) is 0 Å². The molecule has 2 aromatic rings. The summed E-state index contributed by atoms with van der Waals surface area (Å²) >= 11 is 6.00. The topological polar surface area (TPSA) is 33.0 Å². The highest BCUT2D eigenvalue weighted by atomic mass is 35.5. The molecule has 0 amide bonds. The van der Waals surface area contributed by atoms with Crippen LogP contribution in [0.25, 0.3) is 0 Å². The maximum Gasteiger partial charge on any atom is 0.138 e. The van der Waals surface area contributed by atoms with Crippen LogP contribution in [0, 0.1) is 24.1 Å². The molecule has 2 aromatic carbocycles. The first-order chi connectivity index (χ1) is 9.10. The van der Waals surface area contributed by atoms with E-state index in [0.29, 0.717) is 22.9 Å². The second kappa shape index (κ2) is 5.73. The van der Waals surface area contributed by atoms with Gasteiger partial charge in [-0.1, -0.05) is 17.7 Å². The standard InChI is InChI=1S/C15H11ClFNO/c1-10-6-13(17)4-3-12(10)9-19-15-5-2-11(8-18)7-14(15)16/h2-7H,9H2,1H3. The minimum absolute atomic E-state index is 0.266. The van der Waals surface area contributed by atoms with E-state index in [9.17, 15) is 4.39 Å². The number of ether oxygens (including phenoxy) is 1. The highest BCUT2D eigenvalue weighted by Crippen LogP contribution is 2.26. The highest BCUT2D eigenvalue weighted by Gasteiger charge is 2.05. The molecular formula is C15H11ClFNO. The van der Waals surface area contributed by atoms with Crippen molar-refractivity contribution in [3.8, 4) is 11.8 Å². The van der Waals surface area contributed by atoms with Gasteiger partial charge in [-0.3, -0.25) is 0 Å². The lowest BCUT2D eigenvalue weighted by Crippen LogP contribution is -1.99. The molecule has 0 fully saturated rings. The van der Waals surface area contributed by atoms with Gasteiger partial charge >= 0.3 is 0 Å². The molecule has 2 rings (SSSR count). The lowest BCUT2D eigenvalue weighted by Gasteiger charge is -2.10. The molecule has 0 bridgehead atoms. The zero-order valence-electron chi connectivity index (χ0n) is 10.3. The Morgan fingerprint density at radius 2 is 2.05 bits per heavy atom. The minimum Gasteiger partial charge on any atom is -0.487 e. The van der Waals surface area contributed by atoms with Crippen LogP contribution in [0.1, 0.15) is 16.7 Å². The first kappa shape index (κ1) is 13.4. The van der Waals surface area contributed by atoms with Crippen LogP contribution in [0.5, 0.6) is 5.75 Å². The van der Waals surface area contributed by atoms with E-state index in [1.54, 1.807) is 24.3 Å². The number of nitrogens with zero attached hydrogens (tertiary/aromatic N) is 1. The second-order valence-electron chi connectivity index (χ2n) is 4.12. The van der Waals surface area contributed by atoms with Crippen molar-refractivity contribution in [3.63, 3.8) is 0 Å². The van der Waals surface area contributed by atoms with Gasteiger partial charge in [-0.25, -0.2) is 4.39 Å². The summed E-state index contributed by atoms with van der Waals surface area (Å²) in [4.78, 5) is 0. The van der Waals surface area contributed by atoms with Gasteiger partial charge in [-0.05, 0) is 48.4 Å². The number of halogens is 2. The Morgan fingerprint density at radius 1 is 1.26 bits per heavy atom. The molecule has 0 spiro atoms. The fraction of sp³-hybridized carbons (Fsp3) is 0.133.